The molecule has 1 aliphatic carbocycles. The third kappa shape index (κ3) is 1.85. The van der Waals surface area contributed by atoms with Crippen LogP contribution in [-0.4, -0.2) is 40.2 Å². The van der Waals surface area contributed by atoms with E-state index in [0.717, 1.165) is 12.8 Å². The number of aryl methyl sites for hydroxylation is 1. The molecular weight excluding hydrogens is 284 g/mol. The van der Waals surface area contributed by atoms with Crippen molar-refractivity contribution < 1.29 is 14.7 Å². The van der Waals surface area contributed by atoms with Crippen LogP contribution in [0.1, 0.15) is 36.9 Å². The first-order valence-electron chi connectivity index (χ1n) is 7.43. The van der Waals surface area contributed by atoms with Gasteiger partial charge in [0.25, 0.3) is 5.82 Å². The molecule has 7 heteroatoms. The fourth-order valence-corrected chi connectivity index (χ4v) is 3.50. The summed E-state index contributed by atoms with van der Waals surface area (Å²) >= 11 is 0. The number of carbonyl (C=O) groups is 2. The minimum atomic E-state index is -1.16. The number of hydrogen-bond acceptors (Lipinski definition) is 5. The predicted molar refractivity (Wildman–Crippen MR) is 82.4 cm³/mol. The molecule has 2 amide bonds. The van der Waals surface area contributed by atoms with Crippen LogP contribution < -0.4 is 9.80 Å². The Hall–Kier alpha value is -2.28. The van der Waals surface area contributed by atoms with Gasteiger partial charge in [-0.2, -0.15) is 9.78 Å². The molecule has 0 radical (unpaired) electrons. The van der Waals surface area contributed by atoms with Crippen molar-refractivity contribution in [3.05, 3.63) is 17.3 Å². The van der Waals surface area contributed by atoms with Gasteiger partial charge in [-0.1, -0.05) is 0 Å². The maximum atomic E-state index is 12.6. The summed E-state index contributed by atoms with van der Waals surface area (Å²) in [4.78, 5) is 33.5. The molecule has 3 rings (SSSR count). The number of nitrogens with zero attached hydrogens (tertiary/aromatic N) is 3. The first kappa shape index (κ1) is 14.6. The van der Waals surface area contributed by atoms with Crippen LogP contribution in [0.2, 0.25) is 0 Å². The van der Waals surface area contributed by atoms with Gasteiger partial charge < -0.3 is 10.4 Å². The predicted octanol–water partition coefficient (Wildman–Crippen LogP) is 2.31. The summed E-state index contributed by atoms with van der Waals surface area (Å²) < 4.78 is -0.732. The van der Waals surface area contributed by atoms with E-state index >= 15 is 0 Å². The summed E-state index contributed by atoms with van der Waals surface area (Å²) in [7, 11) is 1.67. The zero-order valence-electron chi connectivity index (χ0n) is 12.7. The Morgan fingerprint density at radius 3 is 2.59 bits per heavy atom. The molecule has 1 atom stereocenters. The summed E-state index contributed by atoms with van der Waals surface area (Å²) in [5.74, 6) is 0.178. The van der Waals surface area contributed by atoms with E-state index in [0.29, 0.717) is 30.0 Å². The summed E-state index contributed by atoms with van der Waals surface area (Å²) in [5.41, 5.74) is 1.30. The standard InChI is InChI=1S/C15H18N4O3/c1-9-11-7-8-12(20)19(15(21)22,10-5-3-4-6-10)13(11)18-14(16-2)17-9/h7-8,10H,3-6H2,1-2H3,(H-,16,17,18,20,21,22)/p+1. The normalized spacial score (nSPS) is 24.4. The Morgan fingerprint density at radius 2 is 2.00 bits per heavy atom. The van der Waals surface area contributed by atoms with Gasteiger partial charge in [-0.3, -0.25) is 0 Å². The highest BCUT2D eigenvalue weighted by atomic mass is 16.4. The van der Waals surface area contributed by atoms with Gasteiger partial charge in [-0.25, -0.2) is 9.78 Å². The van der Waals surface area contributed by atoms with Crippen LogP contribution in [0.5, 0.6) is 0 Å². The molecule has 1 fully saturated rings. The lowest BCUT2D eigenvalue weighted by molar-refractivity contribution is -0.125. The number of imide groups is 1. The highest BCUT2D eigenvalue weighted by Gasteiger charge is 2.57. The molecule has 1 aromatic heterocycles. The van der Waals surface area contributed by atoms with Crippen molar-refractivity contribution in [1.82, 2.24) is 14.5 Å². The Labute approximate surface area is 128 Å². The van der Waals surface area contributed by atoms with Gasteiger partial charge in [0.1, 0.15) is 6.04 Å². The van der Waals surface area contributed by atoms with Crippen molar-refractivity contribution in [2.75, 3.05) is 12.4 Å². The first-order chi connectivity index (χ1) is 10.5. The van der Waals surface area contributed by atoms with Crippen LogP contribution in [0, 0.1) is 6.92 Å². The van der Waals surface area contributed by atoms with E-state index in [2.05, 4.69) is 15.3 Å². The summed E-state index contributed by atoms with van der Waals surface area (Å²) in [6, 6.07) is -0.271. The fraction of sp³-hybridized carbons (Fsp3) is 0.467. The highest BCUT2D eigenvalue weighted by Crippen LogP contribution is 2.41. The van der Waals surface area contributed by atoms with E-state index in [9.17, 15) is 14.7 Å². The van der Waals surface area contributed by atoms with Crippen LogP contribution in [0.15, 0.2) is 6.08 Å². The van der Waals surface area contributed by atoms with Crippen molar-refractivity contribution >= 4 is 29.8 Å². The largest absolute Gasteiger partial charge is 0.528 e. The molecule has 2 N–H and O–H groups in total. The SMILES string of the molecule is CNc1nc(C)c2c(n1)[N+](C(=O)O)(C1CCCC1)C(=O)C=C2. The van der Waals surface area contributed by atoms with Gasteiger partial charge in [0.2, 0.25) is 5.95 Å². The molecule has 0 aromatic carbocycles. The molecule has 2 heterocycles. The molecule has 1 unspecified atom stereocenters. The molecular formula is C15H19N4O3+. The smallest absolute Gasteiger partial charge is 0.435 e. The molecule has 2 aliphatic rings. The maximum absolute atomic E-state index is 12.6. The summed E-state index contributed by atoms with van der Waals surface area (Å²) in [5, 5.41) is 12.8. The lowest BCUT2D eigenvalue weighted by Gasteiger charge is -2.35. The zero-order chi connectivity index (χ0) is 15.9. The van der Waals surface area contributed by atoms with Crippen molar-refractivity contribution in [3.63, 3.8) is 0 Å². The van der Waals surface area contributed by atoms with E-state index < -0.39 is 16.5 Å². The van der Waals surface area contributed by atoms with Crippen molar-refractivity contribution in [2.45, 2.75) is 38.6 Å². The molecule has 116 valence electrons. The Bertz CT molecular complexity index is 680. The Kier molecular flexibility index (Phi) is 3.44. The van der Waals surface area contributed by atoms with Crippen LogP contribution in [0.25, 0.3) is 6.08 Å². The van der Waals surface area contributed by atoms with E-state index in [-0.39, 0.29) is 11.9 Å². The van der Waals surface area contributed by atoms with Crippen LogP contribution in [0.3, 0.4) is 0 Å². The van der Waals surface area contributed by atoms with Crippen molar-refractivity contribution in [1.29, 1.82) is 0 Å². The first-order valence-corrected chi connectivity index (χ1v) is 7.43. The van der Waals surface area contributed by atoms with Gasteiger partial charge in [-0.15, -0.1) is 4.48 Å². The van der Waals surface area contributed by atoms with Crippen molar-refractivity contribution in [2.24, 2.45) is 0 Å². The number of carbonyl (C=O) groups excluding carboxylic acids is 1. The van der Waals surface area contributed by atoms with E-state index in [1.165, 1.54) is 6.08 Å². The second-order valence-corrected chi connectivity index (χ2v) is 5.74. The highest BCUT2D eigenvalue weighted by molar-refractivity contribution is 6.15. The van der Waals surface area contributed by atoms with Gasteiger partial charge in [0, 0.05) is 26.0 Å². The molecule has 1 aromatic rings. The van der Waals surface area contributed by atoms with E-state index in [1.54, 1.807) is 20.0 Å². The second kappa shape index (κ2) is 5.17. The number of rotatable bonds is 2. The number of quaternary nitrogens is 1. The zero-order valence-corrected chi connectivity index (χ0v) is 12.7. The van der Waals surface area contributed by atoms with Crippen molar-refractivity contribution in [3.8, 4) is 0 Å². The average molecular weight is 303 g/mol. The molecule has 0 bridgehead atoms. The van der Waals surface area contributed by atoms with Crippen LogP contribution in [-0.2, 0) is 4.79 Å². The maximum Gasteiger partial charge on any atom is 0.528 e. The van der Waals surface area contributed by atoms with Gasteiger partial charge in [0.15, 0.2) is 0 Å². The monoisotopic (exact) mass is 303 g/mol. The molecule has 22 heavy (non-hydrogen) atoms. The quantitative estimate of drug-likeness (QED) is 0.815. The Morgan fingerprint density at radius 1 is 1.32 bits per heavy atom. The number of fused-ring (bicyclic) bond motifs is 1. The minimum absolute atomic E-state index is 0.271. The topological polar surface area (TPSA) is 92.2 Å². The number of amides is 2. The molecule has 0 saturated heterocycles. The summed E-state index contributed by atoms with van der Waals surface area (Å²) in [6.07, 6.45) is 5.11. The number of hydrogen-bond donors (Lipinski definition) is 2. The lowest BCUT2D eigenvalue weighted by atomic mass is 10.0. The third-order valence-corrected chi connectivity index (χ3v) is 4.59. The molecule has 1 aliphatic heterocycles. The second-order valence-electron chi connectivity index (χ2n) is 5.74. The molecule has 0 spiro atoms. The van der Waals surface area contributed by atoms with Gasteiger partial charge >= 0.3 is 12.0 Å². The van der Waals surface area contributed by atoms with E-state index in [1.807, 2.05) is 0 Å². The van der Waals surface area contributed by atoms with Crippen LogP contribution >= 0.6 is 0 Å². The van der Waals surface area contributed by atoms with Gasteiger partial charge in [0.05, 0.1) is 11.3 Å². The minimum Gasteiger partial charge on any atom is -0.435 e. The van der Waals surface area contributed by atoms with Crippen LogP contribution in [0.4, 0.5) is 16.6 Å². The lowest BCUT2D eigenvalue weighted by Crippen LogP contribution is -2.64. The Balaban J connectivity index is 2.31. The number of aromatic nitrogens is 2. The molecule has 7 nitrogen and oxygen atoms in total. The average Bonchev–Trinajstić information content (AvgIpc) is 3.00. The number of carboxylic acid groups (broad SMARTS) is 1. The molecule has 1 saturated carbocycles. The third-order valence-electron chi connectivity index (χ3n) is 4.59. The number of anilines is 1. The fourth-order valence-electron chi connectivity index (χ4n) is 3.50. The number of nitrogens with one attached hydrogen (secondary N) is 1. The summed E-state index contributed by atoms with van der Waals surface area (Å²) in [6.45, 7) is 1.80. The van der Waals surface area contributed by atoms with Gasteiger partial charge in [-0.05, 0) is 25.8 Å². The van der Waals surface area contributed by atoms with E-state index in [4.69, 9.17) is 0 Å².